The van der Waals surface area contributed by atoms with E-state index in [1.54, 1.807) is 0 Å². The van der Waals surface area contributed by atoms with Gasteiger partial charge in [-0.1, -0.05) is 102 Å². The minimum absolute atomic E-state index is 0.645. The first-order valence-electron chi connectivity index (χ1n) is 12.5. The Morgan fingerprint density at radius 2 is 0.806 bits per heavy atom. The van der Waals surface area contributed by atoms with E-state index >= 15 is 0 Å². The molecule has 31 heavy (non-hydrogen) atoms. The van der Waals surface area contributed by atoms with E-state index in [9.17, 15) is 0 Å². The molecule has 0 atom stereocenters. The van der Waals surface area contributed by atoms with Gasteiger partial charge in [-0.2, -0.15) is 0 Å². The zero-order chi connectivity index (χ0) is 22.0. The van der Waals surface area contributed by atoms with Crippen molar-refractivity contribution in [3.63, 3.8) is 0 Å². The van der Waals surface area contributed by atoms with Crippen LogP contribution in [0.15, 0.2) is 48.5 Å². The van der Waals surface area contributed by atoms with Crippen molar-refractivity contribution in [3.05, 3.63) is 59.7 Å². The van der Waals surface area contributed by atoms with E-state index in [4.69, 9.17) is 14.8 Å². The van der Waals surface area contributed by atoms with Crippen LogP contribution in [0.4, 0.5) is 0 Å². The lowest BCUT2D eigenvalue weighted by Crippen LogP contribution is -2.02. The molecule has 0 bridgehead atoms. The van der Waals surface area contributed by atoms with Crippen molar-refractivity contribution in [3.8, 4) is 11.5 Å². The largest absolute Gasteiger partial charge is 0.299 e. The summed E-state index contributed by atoms with van der Waals surface area (Å²) < 4.78 is 0. The van der Waals surface area contributed by atoms with Crippen LogP contribution in [0, 0.1) is 0 Å². The average molecular weight is 427 g/mol. The van der Waals surface area contributed by atoms with Gasteiger partial charge in [-0.25, -0.2) is 0 Å². The summed E-state index contributed by atoms with van der Waals surface area (Å²) in [4.78, 5) is 10.5. The van der Waals surface area contributed by atoms with E-state index in [2.05, 4.69) is 38.1 Å². The summed E-state index contributed by atoms with van der Waals surface area (Å²) in [5, 5.41) is 4.96. The van der Waals surface area contributed by atoms with Gasteiger partial charge in [0.15, 0.2) is 11.5 Å². The topological polar surface area (TPSA) is 27.7 Å². The zero-order valence-electron chi connectivity index (χ0n) is 19.7. The van der Waals surface area contributed by atoms with Crippen LogP contribution in [-0.2, 0) is 17.9 Å². The Bertz CT molecular complexity index is 604. The quantitative estimate of drug-likeness (QED) is 0.135. The van der Waals surface area contributed by atoms with Crippen molar-refractivity contribution in [1.82, 2.24) is 0 Å². The molecule has 0 fully saturated rings. The molecule has 3 nitrogen and oxygen atoms in total. The molecule has 3 heteroatoms. The summed E-state index contributed by atoms with van der Waals surface area (Å²) in [7, 11) is 0. The van der Waals surface area contributed by atoms with Crippen molar-refractivity contribution in [2.75, 3.05) is 0 Å². The highest BCUT2D eigenvalue weighted by molar-refractivity contribution is 5.28. The average Bonchev–Trinajstić information content (AvgIpc) is 2.80. The molecule has 0 aliphatic heterocycles. The second-order valence-corrected chi connectivity index (χ2v) is 8.56. The number of hydrogen-bond acceptors (Lipinski definition) is 3. The van der Waals surface area contributed by atoms with Crippen LogP contribution in [0.5, 0.6) is 11.5 Å². The molecule has 172 valence electrons. The highest BCUT2D eigenvalue weighted by Gasteiger charge is 2.01. The molecule has 0 heterocycles. The minimum Gasteiger partial charge on any atom is -0.299 e. The molecule has 2 aromatic rings. The summed E-state index contributed by atoms with van der Waals surface area (Å²) in [6.07, 6.45) is 18.1. The van der Waals surface area contributed by atoms with Gasteiger partial charge in [0.05, 0.1) is 0 Å². The molecule has 0 saturated carbocycles. The van der Waals surface area contributed by atoms with Gasteiger partial charge < -0.3 is 0 Å². The molecule has 0 aromatic heterocycles. The van der Waals surface area contributed by atoms with Crippen LogP contribution >= 0.6 is 0 Å². The molecular formula is C28H42O3. The van der Waals surface area contributed by atoms with E-state index in [0.29, 0.717) is 11.5 Å². The summed E-state index contributed by atoms with van der Waals surface area (Å²) in [5.41, 5.74) is 2.68. The van der Waals surface area contributed by atoms with Crippen LogP contribution in [-0.4, -0.2) is 0 Å². The van der Waals surface area contributed by atoms with E-state index in [-0.39, 0.29) is 0 Å². The first-order valence-corrected chi connectivity index (χ1v) is 12.5. The van der Waals surface area contributed by atoms with Crippen molar-refractivity contribution < 1.29 is 14.8 Å². The lowest BCUT2D eigenvalue weighted by molar-refractivity contribution is -0.411. The monoisotopic (exact) mass is 426 g/mol. The second kappa shape index (κ2) is 16.7. The van der Waals surface area contributed by atoms with E-state index in [1.165, 1.54) is 88.2 Å². The fraction of sp³-hybridized carbons (Fsp3) is 0.571. The highest BCUT2D eigenvalue weighted by atomic mass is 17.5. The number of unbranched alkanes of at least 4 members (excludes halogenated alkanes) is 10. The van der Waals surface area contributed by atoms with Gasteiger partial charge >= 0.3 is 0 Å². The number of rotatable bonds is 18. The first kappa shape index (κ1) is 25.3. The Balaban J connectivity index is 1.57. The second-order valence-electron chi connectivity index (χ2n) is 8.56. The third kappa shape index (κ3) is 11.8. The number of aryl methyl sites for hydroxylation is 2. The van der Waals surface area contributed by atoms with Crippen LogP contribution in [0.1, 0.15) is 102 Å². The maximum Gasteiger partial charge on any atom is 0.169 e. The fourth-order valence-corrected chi connectivity index (χ4v) is 3.74. The molecule has 2 rings (SSSR count). The normalized spacial score (nSPS) is 10.9. The molecular weight excluding hydrogens is 384 g/mol. The summed E-state index contributed by atoms with van der Waals surface area (Å²) in [5.74, 6) is 1.29. The Hall–Kier alpha value is -2.00. The Morgan fingerprint density at radius 3 is 1.19 bits per heavy atom. The number of benzene rings is 2. The minimum atomic E-state index is 0.645. The third-order valence-corrected chi connectivity index (χ3v) is 5.75. The lowest BCUT2D eigenvalue weighted by atomic mass is 10.1. The highest BCUT2D eigenvalue weighted by Crippen LogP contribution is 2.18. The van der Waals surface area contributed by atoms with Crippen LogP contribution < -0.4 is 9.78 Å². The maximum atomic E-state index is 5.25. The predicted molar refractivity (Wildman–Crippen MR) is 129 cm³/mol. The molecule has 0 aliphatic carbocycles. The molecule has 0 spiro atoms. The van der Waals surface area contributed by atoms with Crippen LogP contribution in [0.25, 0.3) is 0 Å². The number of hydrogen-bond donors (Lipinski definition) is 0. The van der Waals surface area contributed by atoms with Crippen molar-refractivity contribution in [1.29, 1.82) is 0 Å². The van der Waals surface area contributed by atoms with Crippen molar-refractivity contribution in [2.45, 2.75) is 104 Å². The van der Waals surface area contributed by atoms with Crippen LogP contribution in [0.2, 0.25) is 0 Å². The Morgan fingerprint density at radius 1 is 0.452 bits per heavy atom. The summed E-state index contributed by atoms with van der Waals surface area (Å²) in [6.45, 7) is 4.51. The van der Waals surface area contributed by atoms with Gasteiger partial charge in [0, 0.05) is 5.04 Å². The zero-order valence-corrected chi connectivity index (χ0v) is 19.7. The van der Waals surface area contributed by atoms with Gasteiger partial charge in [0.1, 0.15) is 0 Å². The Kier molecular flexibility index (Phi) is 13.6. The maximum absolute atomic E-state index is 5.25. The van der Waals surface area contributed by atoms with Gasteiger partial charge in [0.2, 0.25) is 0 Å². The third-order valence-electron chi connectivity index (χ3n) is 5.75. The first-order chi connectivity index (χ1) is 15.3. The standard InChI is InChI=1S/C28H42O3/c1-3-5-7-9-11-13-15-25-17-21-27(22-18-25)29-31-30-28-23-19-26(20-24-28)16-14-12-10-8-6-4-2/h17-24H,3-16H2,1-2H3. The van der Waals surface area contributed by atoms with Crippen LogP contribution in [0.3, 0.4) is 0 Å². The molecule has 0 unspecified atom stereocenters. The molecule has 0 saturated heterocycles. The SMILES string of the molecule is CCCCCCCCc1ccc(OOOc2ccc(CCCCCCCC)cc2)cc1. The predicted octanol–water partition coefficient (Wildman–Crippen LogP) is 8.80. The van der Waals surface area contributed by atoms with Gasteiger partial charge in [-0.15, -0.1) is 0 Å². The molecule has 0 N–H and O–H groups in total. The molecule has 0 radical (unpaired) electrons. The lowest BCUT2D eigenvalue weighted by Gasteiger charge is -2.07. The molecule has 2 aromatic carbocycles. The van der Waals surface area contributed by atoms with Crippen molar-refractivity contribution >= 4 is 0 Å². The van der Waals surface area contributed by atoms with E-state index in [1.807, 2.05) is 24.3 Å². The summed E-state index contributed by atoms with van der Waals surface area (Å²) in [6, 6.07) is 16.1. The fourth-order valence-electron chi connectivity index (χ4n) is 3.74. The van der Waals surface area contributed by atoms with E-state index < -0.39 is 0 Å². The van der Waals surface area contributed by atoms with Gasteiger partial charge in [0.25, 0.3) is 0 Å². The molecule has 0 aliphatic rings. The van der Waals surface area contributed by atoms with Gasteiger partial charge in [-0.3, -0.25) is 9.78 Å². The summed E-state index contributed by atoms with van der Waals surface area (Å²) >= 11 is 0. The smallest absolute Gasteiger partial charge is 0.169 e. The molecule has 0 amide bonds. The van der Waals surface area contributed by atoms with Crippen molar-refractivity contribution in [2.24, 2.45) is 0 Å². The Labute approximate surface area is 190 Å². The van der Waals surface area contributed by atoms with Gasteiger partial charge in [-0.05, 0) is 61.1 Å². The van der Waals surface area contributed by atoms with E-state index in [0.717, 1.165) is 12.8 Å².